The first-order valence-corrected chi connectivity index (χ1v) is 14.7. The van der Waals surface area contributed by atoms with Gasteiger partial charge in [0.15, 0.2) is 0 Å². The number of fused-ring (bicyclic) bond motifs is 3. The summed E-state index contributed by atoms with van der Waals surface area (Å²) in [6.07, 6.45) is 7.41. The summed E-state index contributed by atoms with van der Waals surface area (Å²) in [5.74, 6) is 0.724. The fraction of sp³-hybridized carbons (Fsp3) is 0.320. The molecule has 1 aliphatic rings. The van der Waals surface area contributed by atoms with Crippen molar-refractivity contribution in [3.05, 3.63) is 60.3 Å². The van der Waals surface area contributed by atoms with Gasteiger partial charge < -0.3 is 0 Å². The van der Waals surface area contributed by atoms with E-state index < -0.39 is 8.07 Å². The lowest BCUT2D eigenvalue weighted by Gasteiger charge is -2.18. The van der Waals surface area contributed by atoms with E-state index in [1.54, 1.807) is 5.19 Å². The molecule has 0 atom stereocenters. The molecule has 0 amide bonds. The smallest absolute Gasteiger partial charge is 0.0784 e. The molecule has 0 unspecified atom stereocenters. The van der Waals surface area contributed by atoms with Gasteiger partial charge in [-0.3, -0.25) is 4.98 Å². The SMILES string of the molecule is C[Si](C)(C)c1cccc2sc3c(-c4cc(C5CCCC5)ccn4)cccc3c12. The minimum atomic E-state index is -1.41. The van der Waals surface area contributed by atoms with E-state index in [0.717, 1.165) is 11.6 Å². The molecule has 0 radical (unpaired) electrons. The fourth-order valence-corrected chi connectivity index (χ4v) is 7.74. The molecule has 0 N–H and O–H groups in total. The van der Waals surface area contributed by atoms with Gasteiger partial charge in [0.25, 0.3) is 0 Å². The molecule has 3 heteroatoms. The van der Waals surface area contributed by atoms with Gasteiger partial charge in [-0.1, -0.05) is 68.0 Å². The van der Waals surface area contributed by atoms with Crippen LogP contribution in [0.1, 0.15) is 37.2 Å². The first kappa shape index (κ1) is 18.1. The average Bonchev–Trinajstić information content (AvgIpc) is 3.34. The molecule has 142 valence electrons. The third-order valence-corrected chi connectivity index (χ3v) is 9.45. The molecule has 2 aromatic heterocycles. The summed E-state index contributed by atoms with van der Waals surface area (Å²) in [7, 11) is -1.41. The highest BCUT2D eigenvalue weighted by atomic mass is 32.1. The summed E-state index contributed by atoms with van der Waals surface area (Å²) >= 11 is 1.93. The molecule has 0 aliphatic heterocycles. The fourth-order valence-electron chi connectivity index (χ4n) is 4.78. The van der Waals surface area contributed by atoms with Gasteiger partial charge in [-0.25, -0.2) is 0 Å². The number of nitrogens with zero attached hydrogens (tertiary/aromatic N) is 1. The summed E-state index contributed by atoms with van der Waals surface area (Å²) in [6.45, 7) is 7.34. The number of benzene rings is 2. The maximum Gasteiger partial charge on any atom is 0.0784 e. The molecule has 5 rings (SSSR count). The summed E-state index contributed by atoms with van der Waals surface area (Å²) < 4.78 is 2.80. The zero-order chi connectivity index (χ0) is 19.3. The van der Waals surface area contributed by atoms with Crippen LogP contribution >= 0.6 is 11.3 Å². The highest BCUT2D eigenvalue weighted by molar-refractivity contribution is 7.26. The number of rotatable bonds is 3. The maximum atomic E-state index is 4.79. The van der Waals surface area contributed by atoms with Crippen LogP contribution in [0.4, 0.5) is 0 Å². The number of thiophene rings is 1. The molecule has 0 spiro atoms. The van der Waals surface area contributed by atoms with Crippen LogP contribution in [-0.2, 0) is 0 Å². The van der Waals surface area contributed by atoms with Crippen molar-refractivity contribution < 1.29 is 0 Å². The van der Waals surface area contributed by atoms with Crippen molar-refractivity contribution in [3.8, 4) is 11.3 Å². The number of aromatic nitrogens is 1. The largest absolute Gasteiger partial charge is 0.256 e. The van der Waals surface area contributed by atoms with Crippen LogP contribution in [0, 0.1) is 0 Å². The van der Waals surface area contributed by atoms with E-state index in [1.807, 2.05) is 17.5 Å². The van der Waals surface area contributed by atoms with Gasteiger partial charge >= 0.3 is 0 Å². The molecule has 0 saturated heterocycles. The number of hydrogen-bond donors (Lipinski definition) is 0. The second-order valence-electron chi connectivity index (χ2n) is 9.17. The minimum Gasteiger partial charge on any atom is -0.256 e. The van der Waals surface area contributed by atoms with Crippen molar-refractivity contribution in [3.63, 3.8) is 0 Å². The second-order valence-corrected chi connectivity index (χ2v) is 15.3. The number of hydrogen-bond acceptors (Lipinski definition) is 2. The van der Waals surface area contributed by atoms with Gasteiger partial charge in [-0.2, -0.15) is 0 Å². The molecule has 1 fully saturated rings. The van der Waals surface area contributed by atoms with E-state index in [2.05, 4.69) is 68.2 Å². The molecule has 0 bridgehead atoms. The molecule has 28 heavy (non-hydrogen) atoms. The Kier molecular flexibility index (Phi) is 4.40. The van der Waals surface area contributed by atoms with Gasteiger partial charge in [0, 0.05) is 26.5 Å². The van der Waals surface area contributed by atoms with Crippen molar-refractivity contribution in [2.24, 2.45) is 0 Å². The van der Waals surface area contributed by atoms with Gasteiger partial charge in [0.2, 0.25) is 0 Å². The lowest BCUT2D eigenvalue weighted by Crippen LogP contribution is -2.37. The average molecular weight is 402 g/mol. The molecule has 4 aromatic rings. The Hall–Kier alpha value is -1.97. The van der Waals surface area contributed by atoms with Crippen molar-refractivity contribution in [2.75, 3.05) is 0 Å². The Morgan fingerprint density at radius 3 is 2.54 bits per heavy atom. The third kappa shape index (κ3) is 3.01. The summed E-state index contributed by atoms with van der Waals surface area (Å²) in [5.41, 5.74) is 3.90. The Morgan fingerprint density at radius 2 is 1.75 bits per heavy atom. The molecule has 1 aliphatic carbocycles. The van der Waals surface area contributed by atoms with Crippen molar-refractivity contribution in [1.29, 1.82) is 0 Å². The predicted molar refractivity (Wildman–Crippen MR) is 127 cm³/mol. The monoisotopic (exact) mass is 401 g/mol. The van der Waals surface area contributed by atoms with Crippen molar-refractivity contribution >= 4 is 44.8 Å². The van der Waals surface area contributed by atoms with Gasteiger partial charge in [-0.05, 0) is 47.9 Å². The predicted octanol–water partition coefficient (Wildman–Crippen LogP) is 7.32. The van der Waals surface area contributed by atoms with Gasteiger partial charge in [0.1, 0.15) is 0 Å². The van der Waals surface area contributed by atoms with E-state index >= 15 is 0 Å². The lowest BCUT2D eigenvalue weighted by atomic mass is 9.96. The molecule has 1 nitrogen and oxygen atoms in total. The van der Waals surface area contributed by atoms with Crippen LogP contribution in [0.5, 0.6) is 0 Å². The van der Waals surface area contributed by atoms with E-state index in [4.69, 9.17) is 4.98 Å². The Morgan fingerprint density at radius 1 is 0.964 bits per heavy atom. The lowest BCUT2D eigenvalue weighted by molar-refractivity contribution is 0.722. The van der Waals surface area contributed by atoms with Crippen LogP contribution in [-0.4, -0.2) is 13.1 Å². The van der Waals surface area contributed by atoms with Crippen LogP contribution in [0.3, 0.4) is 0 Å². The van der Waals surface area contributed by atoms with E-state index in [0.29, 0.717) is 0 Å². The van der Waals surface area contributed by atoms with Gasteiger partial charge in [-0.15, -0.1) is 11.3 Å². The Balaban J connectivity index is 1.73. The maximum absolute atomic E-state index is 4.79. The van der Waals surface area contributed by atoms with Crippen molar-refractivity contribution in [2.45, 2.75) is 51.2 Å². The zero-order valence-corrected chi connectivity index (χ0v) is 18.8. The first-order valence-electron chi connectivity index (χ1n) is 10.4. The van der Waals surface area contributed by atoms with Crippen LogP contribution in [0.2, 0.25) is 19.6 Å². The topological polar surface area (TPSA) is 12.9 Å². The minimum absolute atomic E-state index is 0.724. The standard InChI is InChI=1S/C25H27NSSi/c1-28(2,3)23-13-7-12-22-24(23)20-11-6-10-19(25(20)27-22)21-16-18(14-15-26-21)17-8-4-5-9-17/h6-7,10-17H,4-5,8-9H2,1-3H3. The third-order valence-electron chi connectivity index (χ3n) is 6.22. The Labute approximate surface area is 172 Å². The normalized spacial score (nSPS) is 15.7. The molecule has 1 saturated carbocycles. The highest BCUT2D eigenvalue weighted by Crippen LogP contribution is 2.40. The van der Waals surface area contributed by atoms with E-state index in [-0.39, 0.29) is 0 Å². The van der Waals surface area contributed by atoms with Crippen LogP contribution in [0.15, 0.2) is 54.7 Å². The number of pyridine rings is 1. The van der Waals surface area contributed by atoms with E-state index in [9.17, 15) is 0 Å². The first-order chi connectivity index (χ1) is 13.5. The second kappa shape index (κ2) is 6.82. The molecule has 2 heterocycles. The highest BCUT2D eigenvalue weighted by Gasteiger charge is 2.23. The molecular weight excluding hydrogens is 374 g/mol. The van der Waals surface area contributed by atoms with Crippen molar-refractivity contribution in [1.82, 2.24) is 4.98 Å². The summed E-state index contributed by atoms with van der Waals surface area (Å²) in [6, 6.07) is 18.2. The zero-order valence-electron chi connectivity index (χ0n) is 17.0. The molecule has 2 aromatic carbocycles. The van der Waals surface area contributed by atoms with E-state index in [1.165, 1.54) is 57.0 Å². The quantitative estimate of drug-likeness (QED) is 0.328. The van der Waals surface area contributed by atoms with Crippen LogP contribution in [0.25, 0.3) is 31.4 Å². The van der Waals surface area contributed by atoms with Crippen LogP contribution < -0.4 is 5.19 Å². The molecular formula is C25H27NSSi. The Bertz CT molecular complexity index is 1160. The van der Waals surface area contributed by atoms with Gasteiger partial charge in [0.05, 0.1) is 13.8 Å². The summed E-state index contributed by atoms with van der Waals surface area (Å²) in [4.78, 5) is 4.79. The summed E-state index contributed by atoms with van der Waals surface area (Å²) in [5, 5.41) is 4.46.